The quantitative estimate of drug-likeness (QED) is 0.728. The highest BCUT2D eigenvalue weighted by Gasteiger charge is 2.41. The van der Waals surface area contributed by atoms with Gasteiger partial charge in [0.05, 0.1) is 5.41 Å². The summed E-state index contributed by atoms with van der Waals surface area (Å²) in [5, 5.41) is 3.15. The Bertz CT molecular complexity index is 928. The maximum Gasteiger partial charge on any atom is 0.260 e. The van der Waals surface area contributed by atoms with E-state index in [1.54, 1.807) is 0 Å². The Morgan fingerprint density at radius 2 is 1.71 bits per heavy atom. The van der Waals surface area contributed by atoms with Crippen LogP contribution in [-0.4, -0.2) is 36.4 Å². The molecule has 0 bridgehead atoms. The standard InChI is InChI=1S/C26H32N2O3/c1-20-10-3-4-13-23(20)26(14-5-2-6-15-26)25(30)27-21-11-9-12-22(18-21)31-19-24(29)28-16-7-8-17-28/h3-4,9-13,18H,2,5-8,14-17,19H2,1H3,(H,27,30). The molecular formula is C26H32N2O3. The van der Waals surface area contributed by atoms with Crippen LogP contribution in [0.4, 0.5) is 5.69 Å². The van der Waals surface area contributed by atoms with E-state index >= 15 is 0 Å². The fraction of sp³-hybridized carbons (Fsp3) is 0.462. The van der Waals surface area contributed by atoms with Crippen LogP contribution in [0.1, 0.15) is 56.1 Å². The second kappa shape index (κ2) is 9.54. The van der Waals surface area contributed by atoms with Crippen LogP contribution in [0.15, 0.2) is 48.5 Å². The van der Waals surface area contributed by atoms with Crippen molar-refractivity contribution >= 4 is 17.5 Å². The van der Waals surface area contributed by atoms with Crippen molar-refractivity contribution in [2.24, 2.45) is 0 Å². The fourth-order valence-electron chi connectivity index (χ4n) is 5.00. The lowest BCUT2D eigenvalue weighted by Crippen LogP contribution is -2.42. The normalized spacial score (nSPS) is 17.9. The Labute approximate surface area is 184 Å². The number of carbonyl (C=O) groups is 2. The molecule has 4 rings (SSSR count). The van der Waals surface area contributed by atoms with Gasteiger partial charge in [0.1, 0.15) is 5.75 Å². The number of nitrogens with zero attached hydrogens (tertiary/aromatic N) is 1. The van der Waals surface area contributed by atoms with E-state index < -0.39 is 5.41 Å². The summed E-state index contributed by atoms with van der Waals surface area (Å²) in [6.07, 6.45) is 7.16. The predicted octanol–water partition coefficient (Wildman–Crippen LogP) is 4.84. The van der Waals surface area contributed by atoms with Gasteiger partial charge in [0.2, 0.25) is 5.91 Å². The number of likely N-dealkylation sites (tertiary alicyclic amines) is 1. The van der Waals surface area contributed by atoms with E-state index in [1.165, 1.54) is 6.42 Å². The van der Waals surface area contributed by atoms with Crippen molar-refractivity contribution in [2.75, 3.05) is 25.0 Å². The molecule has 2 amide bonds. The second-order valence-corrected chi connectivity index (χ2v) is 8.82. The predicted molar refractivity (Wildman–Crippen MR) is 122 cm³/mol. The number of hydrogen-bond acceptors (Lipinski definition) is 3. The molecule has 31 heavy (non-hydrogen) atoms. The van der Waals surface area contributed by atoms with E-state index in [1.807, 2.05) is 41.3 Å². The van der Waals surface area contributed by atoms with E-state index in [4.69, 9.17) is 4.74 Å². The van der Waals surface area contributed by atoms with Gasteiger partial charge in [0.25, 0.3) is 5.91 Å². The smallest absolute Gasteiger partial charge is 0.260 e. The molecule has 1 saturated carbocycles. The van der Waals surface area contributed by atoms with Gasteiger partial charge < -0.3 is 15.0 Å². The zero-order valence-electron chi connectivity index (χ0n) is 18.4. The summed E-state index contributed by atoms with van der Waals surface area (Å²) in [4.78, 5) is 27.7. The minimum atomic E-state index is -0.494. The largest absolute Gasteiger partial charge is 0.484 e. The van der Waals surface area contributed by atoms with Crippen LogP contribution in [0.2, 0.25) is 0 Å². The molecule has 1 heterocycles. The van der Waals surface area contributed by atoms with E-state index in [0.29, 0.717) is 11.4 Å². The zero-order valence-corrected chi connectivity index (χ0v) is 18.4. The summed E-state index contributed by atoms with van der Waals surface area (Å²) < 4.78 is 5.73. The first-order valence-electron chi connectivity index (χ1n) is 11.5. The lowest BCUT2D eigenvalue weighted by atomic mass is 9.67. The number of aryl methyl sites for hydroxylation is 1. The molecule has 0 aromatic heterocycles. The fourth-order valence-corrected chi connectivity index (χ4v) is 5.00. The molecule has 1 N–H and O–H groups in total. The monoisotopic (exact) mass is 420 g/mol. The van der Waals surface area contributed by atoms with Gasteiger partial charge in [0.15, 0.2) is 6.61 Å². The minimum absolute atomic E-state index is 0.0210. The average Bonchev–Trinajstić information content (AvgIpc) is 3.34. The van der Waals surface area contributed by atoms with Crippen molar-refractivity contribution in [3.8, 4) is 5.75 Å². The molecule has 1 aliphatic heterocycles. The number of carbonyl (C=O) groups excluding carboxylic acids is 2. The van der Waals surface area contributed by atoms with Crippen LogP contribution >= 0.6 is 0 Å². The first-order chi connectivity index (χ1) is 15.1. The number of nitrogens with one attached hydrogen (secondary N) is 1. The van der Waals surface area contributed by atoms with Crippen LogP contribution < -0.4 is 10.1 Å². The highest BCUT2D eigenvalue weighted by molar-refractivity contribution is 5.99. The van der Waals surface area contributed by atoms with Crippen molar-refractivity contribution in [1.29, 1.82) is 0 Å². The molecule has 0 unspecified atom stereocenters. The molecule has 0 atom stereocenters. The highest BCUT2D eigenvalue weighted by Crippen LogP contribution is 2.42. The van der Waals surface area contributed by atoms with Gasteiger partial charge in [-0.1, -0.05) is 49.6 Å². The van der Waals surface area contributed by atoms with Gasteiger partial charge in [-0.15, -0.1) is 0 Å². The Kier molecular flexibility index (Phi) is 6.59. The molecule has 2 aromatic carbocycles. The summed E-state index contributed by atoms with van der Waals surface area (Å²) in [5.74, 6) is 0.665. The molecule has 2 aromatic rings. The van der Waals surface area contributed by atoms with E-state index in [9.17, 15) is 9.59 Å². The SMILES string of the molecule is Cc1ccccc1C1(C(=O)Nc2cccc(OCC(=O)N3CCCC3)c2)CCCCC1. The first-order valence-corrected chi connectivity index (χ1v) is 11.5. The van der Waals surface area contributed by atoms with Crippen molar-refractivity contribution in [1.82, 2.24) is 4.90 Å². The van der Waals surface area contributed by atoms with Gasteiger partial charge in [-0.2, -0.15) is 0 Å². The Morgan fingerprint density at radius 3 is 2.45 bits per heavy atom. The van der Waals surface area contributed by atoms with E-state index in [0.717, 1.165) is 62.7 Å². The number of ether oxygens (including phenoxy) is 1. The Balaban J connectivity index is 1.47. The topological polar surface area (TPSA) is 58.6 Å². The van der Waals surface area contributed by atoms with Crippen LogP contribution in [0.25, 0.3) is 0 Å². The molecule has 5 nitrogen and oxygen atoms in total. The van der Waals surface area contributed by atoms with Crippen molar-refractivity contribution in [3.63, 3.8) is 0 Å². The number of anilines is 1. The lowest BCUT2D eigenvalue weighted by Gasteiger charge is -2.37. The van der Waals surface area contributed by atoms with Gasteiger partial charge in [-0.05, 0) is 55.9 Å². The minimum Gasteiger partial charge on any atom is -0.484 e. The molecule has 2 fully saturated rings. The van der Waals surface area contributed by atoms with Crippen LogP contribution in [-0.2, 0) is 15.0 Å². The van der Waals surface area contributed by atoms with Crippen molar-refractivity contribution < 1.29 is 14.3 Å². The molecule has 0 radical (unpaired) electrons. The van der Waals surface area contributed by atoms with Gasteiger partial charge in [-0.25, -0.2) is 0 Å². The lowest BCUT2D eigenvalue weighted by molar-refractivity contribution is -0.132. The summed E-state index contributed by atoms with van der Waals surface area (Å²) in [6, 6.07) is 15.6. The third kappa shape index (κ3) is 4.76. The molecule has 2 aliphatic rings. The molecule has 164 valence electrons. The average molecular weight is 421 g/mol. The molecule has 1 saturated heterocycles. The summed E-state index contributed by atoms with van der Waals surface area (Å²) in [6.45, 7) is 3.76. The van der Waals surface area contributed by atoms with E-state index in [2.05, 4.69) is 24.4 Å². The maximum absolute atomic E-state index is 13.6. The van der Waals surface area contributed by atoms with Crippen LogP contribution in [0.5, 0.6) is 5.75 Å². The number of amides is 2. The van der Waals surface area contributed by atoms with Gasteiger partial charge >= 0.3 is 0 Å². The van der Waals surface area contributed by atoms with Crippen molar-refractivity contribution in [2.45, 2.75) is 57.3 Å². The Hall–Kier alpha value is -2.82. The first kappa shape index (κ1) is 21.4. The number of rotatable bonds is 6. The molecule has 5 heteroatoms. The van der Waals surface area contributed by atoms with Crippen molar-refractivity contribution in [3.05, 3.63) is 59.7 Å². The Morgan fingerprint density at radius 1 is 0.968 bits per heavy atom. The highest BCUT2D eigenvalue weighted by atomic mass is 16.5. The summed E-state index contributed by atoms with van der Waals surface area (Å²) >= 11 is 0. The molecule has 1 aliphatic carbocycles. The molecular weight excluding hydrogens is 388 g/mol. The molecule has 0 spiro atoms. The van der Waals surface area contributed by atoms with E-state index in [-0.39, 0.29) is 18.4 Å². The van der Waals surface area contributed by atoms with Gasteiger partial charge in [-0.3, -0.25) is 9.59 Å². The third-order valence-electron chi connectivity index (χ3n) is 6.72. The summed E-state index contributed by atoms with van der Waals surface area (Å²) in [7, 11) is 0. The third-order valence-corrected chi connectivity index (χ3v) is 6.72. The van der Waals surface area contributed by atoms with Crippen LogP contribution in [0, 0.1) is 6.92 Å². The number of hydrogen-bond donors (Lipinski definition) is 1. The second-order valence-electron chi connectivity index (χ2n) is 8.82. The zero-order chi connectivity index (χ0) is 21.7. The summed E-state index contributed by atoms with van der Waals surface area (Å²) in [5.41, 5.74) is 2.51. The van der Waals surface area contributed by atoms with Gasteiger partial charge in [0, 0.05) is 24.8 Å². The van der Waals surface area contributed by atoms with Crippen LogP contribution in [0.3, 0.4) is 0 Å². The maximum atomic E-state index is 13.6. The number of benzene rings is 2.